The van der Waals surface area contributed by atoms with Crippen molar-refractivity contribution in [2.75, 3.05) is 42.9 Å². The van der Waals surface area contributed by atoms with Gasteiger partial charge in [-0.25, -0.2) is 9.97 Å². The molecule has 4 rings (SSSR count). The highest BCUT2D eigenvalue weighted by atomic mass is 15.3. The quantitative estimate of drug-likeness (QED) is 0.738. The summed E-state index contributed by atoms with van der Waals surface area (Å²) in [5.74, 6) is 1.43. The van der Waals surface area contributed by atoms with Gasteiger partial charge in [0.15, 0.2) is 0 Å². The van der Waals surface area contributed by atoms with Gasteiger partial charge in [0.2, 0.25) is 11.9 Å². The van der Waals surface area contributed by atoms with Gasteiger partial charge < -0.3 is 21.3 Å². The molecule has 0 spiro atoms. The lowest BCUT2D eigenvalue weighted by Gasteiger charge is -2.41. The monoisotopic (exact) mass is 367 g/mol. The molecule has 4 N–H and O–H groups in total. The van der Waals surface area contributed by atoms with Crippen LogP contribution in [0.2, 0.25) is 0 Å². The van der Waals surface area contributed by atoms with E-state index in [1.165, 1.54) is 12.0 Å². The van der Waals surface area contributed by atoms with Crippen molar-refractivity contribution in [2.45, 2.75) is 37.1 Å². The maximum Gasteiger partial charge on any atom is 0.230 e. The van der Waals surface area contributed by atoms with Gasteiger partial charge in [0.1, 0.15) is 6.33 Å². The van der Waals surface area contributed by atoms with Crippen LogP contribution in [-0.2, 0) is 5.41 Å². The number of benzene rings is 1. The van der Waals surface area contributed by atoms with E-state index < -0.39 is 0 Å². The van der Waals surface area contributed by atoms with Crippen molar-refractivity contribution in [1.82, 2.24) is 20.3 Å². The van der Waals surface area contributed by atoms with E-state index in [2.05, 4.69) is 60.8 Å². The fourth-order valence-electron chi connectivity index (χ4n) is 4.20. The van der Waals surface area contributed by atoms with E-state index in [9.17, 15) is 0 Å². The average molecular weight is 368 g/mol. The highest BCUT2D eigenvalue weighted by molar-refractivity contribution is 5.38. The molecule has 2 aliphatic heterocycles. The molecule has 1 aromatic heterocycles. The summed E-state index contributed by atoms with van der Waals surface area (Å²) in [6, 6.07) is 11.0. The molecule has 0 bridgehead atoms. The first-order valence-corrected chi connectivity index (χ1v) is 9.96. The Balaban J connectivity index is 1.42. The van der Waals surface area contributed by atoms with Gasteiger partial charge in [-0.15, -0.1) is 0 Å². The molecule has 0 amide bonds. The van der Waals surface area contributed by atoms with Crippen molar-refractivity contribution in [3.8, 4) is 0 Å². The summed E-state index contributed by atoms with van der Waals surface area (Å²) < 4.78 is 0. The van der Waals surface area contributed by atoms with Crippen LogP contribution < -0.4 is 21.3 Å². The number of nitrogens with two attached hydrogens (primary N) is 1. The summed E-state index contributed by atoms with van der Waals surface area (Å²) in [5, 5.41) is 6.85. The molecule has 3 heterocycles. The van der Waals surface area contributed by atoms with E-state index >= 15 is 0 Å². The highest BCUT2D eigenvalue weighted by Crippen LogP contribution is 2.35. The highest BCUT2D eigenvalue weighted by Gasteiger charge is 2.35. The Morgan fingerprint density at radius 1 is 1.19 bits per heavy atom. The molecule has 27 heavy (non-hydrogen) atoms. The molecule has 7 heteroatoms. The van der Waals surface area contributed by atoms with Gasteiger partial charge in [0.25, 0.3) is 0 Å². The lowest BCUT2D eigenvalue weighted by molar-refractivity contribution is 0.338. The number of hydrogen-bond acceptors (Lipinski definition) is 7. The number of piperidine rings is 2. The first-order valence-electron chi connectivity index (χ1n) is 9.96. The second-order valence-electron chi connectivity index (χ2n) is 7.63. The van der Waals surface area contributed by atoms with Gasteiger partial charge in [0.05, 0.1) is 0 Å². The smallest absolute Gasteiger partial charge is 0.230 e. The van der Waals surface area contributed by atoms with Crippen molar-refractivity contribution in [2.24, 2.45) is 5.73 Å². The molecule has 2 aromatic rings. The minimum absolute atomic E-state index is 0.0552. The van der Waals surface area contributed by atoms with Crippen molar-refractivity contribution >= 4 is 11.9 Å². The maximum atomic E-state index is 6.21. The minimum atomic E-state index is 0.0552. The number of nitrogens with zero attached hydrogens (tertiary/aromatic N) is 4. The largest absolute Gasteiger partial charge is 0.350 e. The fourth-order valence-corrected chi connectivity index (χ4v) is 4.20. The summed E-state index contributed by atoms with van der Waals surface area (Å²) in [4.78, 5) is 15.7. The molecular formula is C20H29N7. The molecule has 7 nitrogen and oxygen atoms in total. The molecule has 0 radical (unpaired) electrons. The van der Waals surface area contributed by atoms with Gasteiger partial charge in [-0.05, 0) is 37.8 Å². The number of aromatic nitrogens is 3. The van der Waals surface area contributed by atoms with E-state index in [-0.39, 0.29) is 5.41 Å². The minimum Gasteiger partial charge on any atom is -0.350 e. The normalized spacial score (nSPS) is 22.4. The van der Waals surface area contributed by atoms with Crippen molar-refractivity contribution < 1.29 is 0 Å². The summed E-state index contributed by atoms with van der Waals surface area (Å²) in [7, 11) is 0. The van der Waals surface area contributed by atoms with E-state index in [1.54, 1.807) is 6.33 Å². The molecular weight excluding hydrogens is 338 g/mol. The average Bonchev–Trinajstić information content (AvgIpc) is 2.75. The predicted molar refractivity (Wildman–Crippen MR) is 108 cm³/mol. The molecule has 144 valence electrons. The predicted octanol–water partition coefficient (Wildman–Crippen LogP) is 1.53. The van der Waals surface area contributed by atoms with Crippen LogP contribution in [0.25, 0.3) is 0 Å². The second-order valence-corrected chi connectivity index (χ2v) is 7.63. The Morgan fingerprint density at radius 2 is 2.00 bits per heavy atom. The third-order valence-corrected chi connectivity index (χ3v) is 5.97. The van der Waals surface area contributed by atoms with Crippen LogP contribution in [0.3, 0.4) is 0 Å². The maximum absolute atomic E-state index is 6.21. The first-order chi connectivity index (χ1) is 13.3. The number of nitrogens with one attached hydrogen (secondary N) is 2. The summed E-state index contributed by atoms with van der Waals surface area (Å²) >= 11 is 0. The third kappa shape index (κ3) is 4.04. The van der Waals surface area contributed by atoms with Crippen LogP contribution in [-0.4, -0.2) is 53.7 Å². The molecule has 2 aliphatic rings. The van der Waals surface area contributed by atoms with Crippen LogP contribution in [0.5, 0.6) is 0 Å². The van der Waals surface area contributed by atoms with Gasteiger partial charge in [0, 0.05) is 37.6 Å². The Kier molecular flexibility index (Phi) is 5.50. The topological polar surface area (TPSA) is 92.0 Å². The van der Waals surface area contributed by atoms with E-state index in [1.807, 2.05) is 0 Å². The number of rotatable bonds is 5. The molecule has 1 aromatic carbocycles. The molecule has 1 unspecified atom stereocenters. The van der Waals surface area contributed by atoms with Gasteiger partial charge in [-0.3, -0.25) is 0 Å². The zero-order valence-electron chi connectivity index (χ0n) is 15.8. The van der Waals surface area contributed by atoms with Gasteiger partial charge in [-0.2, -0.15) is 4.98 Å². The zero-order valence-corrected chi connectivity index (χ0v) is 15.8. The van der Waals surface area contributed by atoms with Crippen LogP contribution in [0.15, 0.2) is 36.7 Å². The lowest BCUT2D eigenvalue weighted by atomic mass is 9.73. The number of hydrogen-bond donors (Lipinski definition) is 3. The van der Waals surface area contributed by atoms with E-state index in [4.69, 9.17) is 5.73 Å². The second kappa shape index (κ2) is 8.19. The first kappa shape index (κ1) is 18.1. The lowest BCUT2D eigenvalue weighted by Crippen LogP contribution is -2.47. The fraction of sp³-hybridized carbons (Fsp3) is 0.550. The zero-order chi connectivity index (χ0) is 18.5. The van der Waals surface area contributed by atoms with Crippen LogP contribution in [0.1, 0.15) is 31.2 Å². The standard InChI is InChI=1S/C20H29N7/c21-14-20(16-5-2-1-3-6-16)8-11-27(12-9-20)19-24-15-23-18(26-19)25-17-7-4-10-22-13-17/h1-3,5-6,15,17,22H,4,7-14,21H2,(H,23,24,25,26). The Labute approximate surface area is 160 Å². The van der Waals surface area contributed by atoms with Crippen molar-refractivity contribution in [3.63, 3.8) is 0 Å². The van der Waals surface area contributed by atoms with Crippen molar-refractivity contribution in [1.29, 1.82) is 0 Å². The molecule has 2 saturated heterocycles. The molecule has 0 aliphatic carbocycles. The van der Waals surface area contributed by atoms with Gasteiger partial charge >= 0.3 is 0 Å². The van der Waals surface area contributed by atoms with Crippen molar-refractivity contribution in [3.05, 3.63) is 42.2 Å². The SMILES string of the molecule is NCC1(c2ccccc2)CCN(c2ncnc(NC3CCCNC3)n2)CC1. The molecule has 1 atom stereocenters. The third-order valence-electron chi connectivity index (χ3n) is 5.97. The van der Waals surface area contributed by atoms with Crippen LogP contribution >= 0.6 is 0 Å². The Hall–Kier alpha value is -2.25. The van der Waals surface area contributed by atoms with Crippen LogP contribution in [0.4, 0.5) is 11.9 Å². The summed E-state index contributed by atoms with van der Waals surface area (Å²) in [6.07, 6.45) is 5.96. The van der Waals surface area contributed by atoms with Gasteiger partial charge in [-0.1, -0.05) is 30.3 Å². The molecule has 2 fully saturated rings. The van der Waals surface area contributed by atoms with E-state index in [0.717, 1.165) is 51.4 Å². The Morgan fingerprint density at radius 3 is 2.70 bits per heavy atom. The number of anilines is 2. The summed E-state index contributed by atoms with van der Waals surface area (Å²) in [5.41, 5.74) is 7.60. The van der Waals surface area contributed by atoms with E-state index in [0.29, 0.717) is 18.5 Å². The van der Waals surface area contributed by atoms with Crippen LogP contribution in [0, 0.1) is 0 Å². The Bertz CT molecular complexity index is 722. The summed E-state index contributed by atoms with van der Waals surface area (Å²) in [6.45, 7) is 4.53. The molecule has 0 saturated carbocycles.